The predicted octanol–water partition coefficient (Wildman–Crippen LogP) is 2.51. The SMILES string of the molecule is NC[C@@H](C(=O)Cc1ccc2cnccc2c1)c1ccc2c(c1)B(O)OC(C(F)(F)F)=N2.S. The molecule has 0 saturated heterocycles. The molecule has 3 N–H and O–H groups in total. The van der Waals surface area contributed by atoms with E-state index in [1.165, 1.54) is 18.2 Å². The second-order valence-corrected chi connectivity index (χ2v) is 7.19. The molecule has 1 aliphatic rings. The molecule has 0 amide bonds. The second-order valence-electron chi connectivity index (χ2n) is 7.19. The average molecular weight is 461 g/mol. The molecule has 1 aromatic heterocycles. The van der Waals surface area contributed by atoms with Gasteiger partial charge in [0.15, 0.2) is 0 Å². The quantitative estimate of drug-likeness (QED) is 0.570. The molecule has 1 aliphatic heterocycles. The van der Waals surface area contributed by atoms with E-state index in [0.717, 1.165) is 16.3 Å². The van der Waals surface area contributed by atoms with E-state index in [-0.39, 0.29) is 43.4 Å². The van der Waals surface area contributed by atoms with Gasteiger partial charge in [0.2, 0.25) is 0 Å². The van der Waals surface area contributed by atoms with E-state index in [4.69, 9.17) is 5.73 Å². The van der Waals surface area contributed by atoms with E-state index in [9.17, 15) is 23.0 Å². The first-order chi connectivity index (χ1) is 14.8. The van der Waals surface area contributed by atoms with Gasteiger partial charge in [0.05, 0.1) is 11.6 Å². The zero-order chi connectivity index (χ0) is 22.2. The summed E-state index contributed by atoms with van der Waals surface area (Å²) in [6, 6.07) is 11.7. The highest BCUT2D eigenvalue weighted by Crippen LogP contribution is 2.28. The number of carbonyl (C=O) groups excluding carboxylic acids is 1. The van der Waals surface area contributed by atoms with Gasteiger partial charge >= 0.3 is 13.3 Å². The second kappa shape index (κ2) is 9.31. The Balaban J connectivity index is 0.00000289. The Morgan fingerprint density at radius 2 is 1.94 bits per heavy atom. The maximum atomic E-state index is 13.0. The molecule has 0 aliphatic carbocycles. The lowest BCUT2D eigenvalue weighted by Crippen LogP contribution is -2.44. The first-order valence-electron chi connectivity index (χ1n) is 9.46. The van der Waals surface area contributed by atoms with Crippen LogP contribution in [0.25, 0.3) is 10.8 Å². The molecule has 6 nitrogen and oxygen atoms in total. The number of halogens is 3. The number of hydrogen-bond acceptors (Lipinski definition) is 6. The largest absolute Gasteiger partial charge is 0.563 e. The van der Waals surface area contributed by atoms with Crippen LogP contribution >= 0.6 is 13.5 Å². The number of carbonyl (C=O) groups is 1. The van der Waals surface area contributed by atoms with Crippen LogP contribution in [0.2, 0.25) is 0 Å². The van der Waals surface area contributed by atoms with Crippen LogP contribution in [0, 0.1) is 0 Å². The number of nitrogens with zero attached hydrogens (tertiary/aromatic N) is 2. The minimum absolute atomic E-state index is 0. The zero-order valence-corrected chi connectivity index (χ0v) is 17.6. The summed E-state index contributed by atoms with van der Waals surface area (Å²) in [6.45, 7) is 0.00312. The van der Waals surface area contributed by atoms with Crippen LogP contribution in [-0.2, 0) is 15.9 Å². The number of fused-ring (bicyclic) bond motifs is 2. The van der Waals surface area contributed by atoms with Gasteiger partial charge in [0.25, 0.3) is 5.90 Å². The molecule has 1 atom stereocenters. The van der Waals surface area contributed by atoms with Crippen molar-refractivity contribution in [3.8, 4) is 0 Å². The third kappa shape index (κ3) is 4.79. The van der Waals surface area contributed by atoms with Gasteiger partial charge < -0.3 is 15.4 Å². The predicted molar refractivity (Wildman–Crippen MR) is 121 cm³/mol. The van der Waals surface area contributed by atoms with Crippen LogP contribution < -0.4 is 11.2 Å². The van der Waals surface area contributed by atoms with Crippen LogP contribution in [0.1, 0.15) is 17.0 Å². The average Bonchev–Trinajstić information content (AvgIpc) is 2.73. The summed E-state index contributed by atoms with van der Waals surface area (Å²) in [4.78, 5) is 20.4. The monoisotopic (exact) mass is 461 g/mol. The van der Waals surface area contributed by atoms with Gasteiger partial charge in [-0.25, -0.2) is 4.99 Å². The van der Waals surface area contributed by atoms with Crippen molar-refractivity contribution in [2.24, 2.45) is 10.7 Å². The molecule has 4 rings (SSSR count). The van der Waals surface area contributed by atoms with Gasteiger partial charge in [0, 0.05) is 36.2 Å². The van der Waals surface area contributed by atoms with Gasteiger partial charge in [-0.3, -0.25) is 9.78 Å². The first-order valence-corrected chi connectivity index (χ1v) is 9.46. The molecule has 32 heavy (non-hydrogen) atoms. The van der Waals surface area contributed by atoms with E-state index in [1.807, 2.05) is 24.3 Å². The minimum atomic E-state index is -4.82. The van der Waals surface area contributed by atoms with Crippen molar-refractivity contribution in [2.75, 3.05) is 6.54 Å². The van der Waals surface area contributed by atoms with Gasteiger partial charge in [-0.1, -0.05) is 30.3 Å². The van der Waals surface area contributed by atoms with Crippen LogP contribution in [0.5, 0.6) is 0 Å². The Hall–Kier alpha value is -2.89. The molecule has 166 valence electrons. The fourth-order valence-corrected chi connectivity index (χ4v) is 3.55. The number of benzene rings is 2. The van der Waals surface area contributed by atoms with Crippen molar-refractivity contribution in [1.29, 1.82) is 0 Å². The first kappa shape index (κ1) is 23.8. The lowest BCUT2D eigenvalue weighted by atomic mass is 9.75. The summed E-state index contributed by atoms with van der Waals surface area (Å²) in [6.07, 6.45) is -1.28. The van der Waals surface area contributed by atoms with E-state index >= 15 is 0 Å². The third-order valence-corrected chi connectivity index (χ3v) is 5.12. The van der Waals surface area contributed by atoms with E-state index in [0.29, 0.717) is 5.56 Å². The number of aliphatic imine (C=N–C) groups is 1. The Labute approximate surface area is 188 Å². The summed E-state index contributed by atoms with van der Waals surface area (Å²) in [5.74, 6) is -2.36. The smallest absolute Gasteiger partial charge is 0.515 e. The van der Waals surface area contributed by atoms with Crippen LogP contribution in [0.4, 0.5) is 18.9 Å². The summed E-state index contributed by atoms with van der Waals surface area (Å²) in [7, 11) is -1.84. The summed E-state index contributed by atoms with van der Waals surface area (Å²) in [5, 5.41) is 11.9. The Morgan fingerprint density at radius 3 is 2.66 bits per heavy atom. The van der Waals surface area contributed by atoms with Crippen molar-refractivity contribution in [2.45, 2.75) is 18.5 Å². The standard InChI is InChI=1S/C21H17BF3N3O3.H2S/c23-21(24,25)20-28-18-4-3-14(9-17(18)22(30)31-20)16(10-26)19(29)8-12-1-2-15-11-27-6-5-13(15)7-12;/h1-7,9,11,16,30H,8,10,26H2;1H2/t16-;/m1./s1. The summed E-state index contributed by atoms with van der Waals surface area (Å²) >= 11 is 0. The van der Waals surface area contributed by atoms with Crippen LogP contribution in [-0.4, -0.2) is 41.5 Å². The van der Waals surface area contributed by atoms with E-state index in [1.54, 1.807) is 12.4 Å². The topological polar surface area (TPSA) is 97.8 Å². The van der Waals surface area contributed by atoms with Gasteiger partial charge in [-0.15, -0.1) is 0 Å². The van der Waals surface area contributed by atoms with E-state index in [2.05, 4.69) is 14.6 Å². The van der Waals surface area contributed by atoms with Crippen LogP contribution in [0.3, 0.4) is 0 Å². The molecule has 2 aromatic carbocycles. The van der Waals surface area contributed by atoms with E-state index < -0.39 is 25.1 Å². The van der Waals surface area contributed by atoms with Crippen molar-refractivity contribution in [3.05, 3.63) is 66.0 Å². The fourth-order valence-electron chi connectivity index (χ4n) is 3.55. The number of hydrogen-bond donors (Lipinski definition) is 2. The zero-order valence-electron chi connectivity index (χ0n) is 16.6. The molecule has 11 heteroatoms. The Kier molecular flexibility index (Phi) is 6.92. The van der Waals surface area contributed by atoms with Crippen molar-refractivity contribution < 1.29 is 27.6 Å². The molecule has 0 bridgehead atoms. The molecule has 0 spiro atoms. The number of pyridine rings is 1. The molecule has 0 unspecified atom stereocenters. The number of rotatable bonds is 5. The molecular formula is C21H19BF3N3O3S. The highest BCUT2D eigenvalue weighted by atomic mass is 32.1. The molecule has 0 radical (unpaired) electrons. The minimum Gasteiger partial charge on any atom is -0.515 e. The number of aromatic nitrogens is 1. The molecule has 2 heterocycles. The molecule has 0 saturated carbocycles. The molecule has 3 aromatic rings. The van der Waals surface area contributed by atoms with Crippen LogP contribution in [0.15, 0.2) is 59.9 Å². The maximum Gasteiger partial charge on any atom is 0.563 e. The number of ketones is 1. The molecular weight excluding hydrogens is 442 g/mol. The van der Waals surface area contributed by atoms with Gasteiger partial charge in [0.1, 0.15) is 5.78 Å². The number of nitrogens with two attached hydrogens (primary N) is 1. The van der Waals surface area contributed by atoms with Crippen molar-refractivity contribution in [3.63, 3.8) is 0 Å². The maximum absolute atomic E-state index is 13.0. The Bertz CT molecular complexity index is 1190. The van der Waals surface area contributed by atoms with Gasteiger partial charge in [-0.05, 0) is 28.6 Å². The lowest BCUT2D eigenvalue weighted by Gasteiger charge is -2.22. The van der Waals surface area contributed by atoms with Gasteiger partial charge in [-0.2, -0.15) is 26.7 Å². The normalized spacial score (nSPS) is 14.2. The molecule has 0 fully saturated rings. The third-order valence-electron chi connectivity index (χ3n) is 5.12. The highest BCUT2D eigenvalue weighted by Gasteiger charge is 2.44. The Morgan fingerprint density at radius 1 is 1.16 bits per heavy atom. The lowest BCUT2D eigenvalue weighted by molar-refractivity contribution is -0.119. The summed E-state index contributed by atoms with van der Waals surface area (Å²) < 4.78 is 43.1. The van der Waals surface area contributed by atoms with Crippen molar-refractivity contribution >= 4 is 54.2 Å². The number of alkyl halides is 3. The van der Waals surface area contributed by atoms with Crippen molar-refractivity contribution in [1.82, 2.24) is 4.98 Å². The fraction of sp³-hybridized carbons (Fsp3) is 0.190. The number of Topliss-reactive ketones (excluding diaryl/α,β-unsaturated/α-hetero) is 1. The summed E-state index contributed by atoms with van der Waals surface area (Å²) in [5.41, 5.74) is 7.11. The highest BCUT2D eigenvalue weighted by molar-refractivity contribution is 7.59.